The summed E-state index contributed by atoms with van der Waals surface area (Å²) in [5, 5.41) is 1.82. The fraction of sp³-hybridized carbons (Fsp3) is 0.211. The number of ether oxygens (including phenoxy) is 2. The Hall–Kier alpha value is -2.80. The molecule has 0 bridgehead atoms. The van der Waals surface area contributed by atoms with Gasteiger partial charge in [-0.25, -0.2) is 18.2 Å². The zero-order valence-corrected chi connectivity index (χ0v) is 13.9. The first-order valence-corrected chi connectivity index (χ1v) is 8.07. The van der Waals surface area contributed by atoms with E-state index < -0.39 is 23.6 Å². The number of halogens is 3. The lowest BCUT2D eigenvalue weighted by atomic mass is 9.90. The largest absolute Gasteiger partial charge is 0.481 e. The van der Waals surface area contributed by atoms with E-state index in [1.165, 1.54) is 7.11 Å². The molecule has 2 aromatic carbocycles. The first-order chi connectivity index (χ1) is 12.5. The van der Waals surface area contributed by atoms with E-state index in [1.54, 1.807) is 12.3 Å². The molecular formula is C19H16F3N2O2+. The Morgan fingerprint density at radius 3 is 2.65 bits per heavy atom. The monoisotopic (exact) mass is 361 g/mol. The fourth-order valence-corrected chi connectivity index (χ4v) is 3.35. The topological polar surface area (TPSA) is 59.0 Å². The molecule has 4 rings (SSSR count). The number of pyridine rings is 1. The summed E-state index contributed by atoms with van der Waals surface area (Å²) in [6.45, 7) is 0. The van der Waals surface area contributed by atoms with Gasteiger partial charge in [0.1, 0.15) is 17.6 Å². The van der Waals surface area contributed by atoms with Crippen molar-refractivity contribution in [2.45, 2.75) is 18.6 Å². The van der Waals surface area contributed by atoms with Gasteiger partial charge in [0, 0.05) is 41.3 Å². The molecule has 134 valence electrons. The third-order valence-corrected chi connectivity index (χ3v) is 4.65. The maximum atomic E-state index is 14.2. The van der Waals surface area contributed by atoms with Crippen LogP contribution in [0.4, 0.5) is 13.2 Å². The molecule has 0 unspecified atom stereocenters. The highest BCUT2D eigenvalue weighted by Gasteiger charge is 2.35. The summed E-state index contributed by atoms with van der Waals surface area (Å²) >= 11 is 0. The predicted octanol–water partition coefficient (Wildman–Crippen LogP) is 2.95. The predicted molar refractivity (Wildman–Crippen MR) is 88.4 cm³/mol. The van der Waals surface area contributed by atoms with Crippen LogP contribution >= 0.6 is 0 Å². The molecular weight excluding hydrogens is 345 g/mol. The number of hydrogen-bond donors (Lipinski definition) is 1. The first-order valence-electron chi connectivity index (χ1n) is 8.07. The van der Waals surface area contributed by atoms with E-state index in [0.29, 0.717) is 24.1 Å². The van der Waals surface area contributed by atoms with Crippen LogP contribution in [0.15, 0.2) is 36.5 Å². The summed E-state index contributed by atoms with van der Waals surface area (Å²) in [4.78, 5) is 4.18. The molecule has 0 spiro atoms. The van der Waals surface area contributed by atoms with Gasteiger partial charge in [-0.3, -0.25) is 0 Å². The molecule has 1 aromatic heterocycles. The molecule has 0 aliphatic carbocycles. The third kappa shape index (κ3) is 2.64. The molecule has 1 aliphatic heterocycles. The van der Waals surface area contributed by atoms with Gasteiger partial charge in [-0.2, -0.15) is 0 Å². The highest BCUT2D eigenvalue weighted by Crippen LogP contribution is 2.39. The molecule has 0 saturated carbocycles. The molecule has 1 aliphatic rings. The number of methoxy groups -OCH3 is 1. The van der Waals surface area contributed by atoms with E-state index in [-0.39, 0.29) is 11.6 Å². The summed E-state index contributed by atoms with van der Waals surface area (Å²) in [6, 6.07) is 6.40. The van der Waals surface area contributed by atoms with Gasteiger partial charge in [0.25, 0.3) is 0 Å². The van der Waals surface area contributed by atoms with Gasteiger partial charge in [-0.15, -0.1) is 0 Å². The Morgan fingerprint density at radius 1 is 1.12 bits per heavy atom. The Bertz CT molecular complexity index is 1010. The lowest BCUT2D eigenvalue weighted by Crippen LogP contribution is -2.66. The minimum Gasteiger partial charge on any atom is -0.481 e. The number of aromatic nitrogens is 1. The molecule has 26 heavy (non-hydrogen) atoms. The van der Waals surface area contributed by atoms with Crippen molar-refractivity contribution >= 4 is 10.8 Å². The van der Waals surface area contributed by atoms with E-state index in [9.17, 15) is 13.2 Å². The van der Waals surface area contributed by atoms with Gasteiger partial charge >= 0.3 is 0 Å². The van der Waals surface area contributed by atoms with E-state index in [4.69, 9.17) is 9.47 Å². The van der Waals surface area contributed by atoms with Crippen LogP contribution in [-0.4, -0.2) is 18.1 Å². The van der Waals surface area contributed by atoms with Crippen molar-refractivity contribution < 1.29 is 28.4 Å². The van der Waals surface area contributed by atoms with Gasteiger partial charge in [-0.1, -0.05) is 0 Å². The minimum atomic E-state index is -1.23. The Kier molecular flexibility index (Phi) is 3.96. The number of benzene rings is 2. The molecule has 0 amide bonds. The molecule has 7 heteroatoms. The van der Waals surface area contributed by atoms with E-state index in [2.05, 4.69) is 10.7 Å². The summed E-state index contributed by atoms with van der Waals surface area (Å²) in [5.74, 6) is -2.16. The number of quaternary nitrogens is 1. The summed E-state index contributed by atoms with van der Waals surface area (Å²) in [6.07, 6.45) is 1.38. The highest BCUT2D eigenvalue weighted by atomic mass is 19.2. The van der Waals surface area contributed by atoms with Crippen LogP contribution in [0.3, 0.4) is 0 Å². The summed E-state index contributed by atoms with van der Waals surface area (Å²) in [7, 11) is 1.53. The van der Waals surface area contributed by atoms with Crippen LogP contribution < -0.4 is 15.2 Å². The van der Waals surface area contributed by atoms with Crippen LogP contribution in [0, 0.1) is 17.5 Å². The van der Waals surface area contributed by atoms with Gasteiger partial charge in [0.2, 0.25) is 5.88 Å². The quantitative estimate of drug-likeness (QED) is 0.714. The Labute approximate surface area is 147 Å². The summed E-state index contributed by atoms with van der Waals surface area (Å²) in [5.41, 5.74) is 4.91. The van der Waals surface area contributed by atoms with Gasteiger partial charge < -0.3 is 15.2 Å². The van der Waals surface area contributed by atoms with Crippen molar-refractivity contribution in [1.29, 1.82) is 0 Å². The normalized spacial score (nSPS) is 19.1. The van der Waals surface area contributed by atoms with E-state index in [0.717, 1.165) is 22.4 Å². The molecule has 0 fully saturated rings. The number of hydrogen-bond acceptors (Lipinski definition) is 3. The fourth-order valence-electron chi connectivity index (χ4n) is 3.35. The van der Waals surface area contributed by atoms with Crippen molar-refractivity contribution in [1.82, 2.24) is 4.98 Å². The van der Waals surface area contributed by atoms with Crippen LogP contribution in [0.2, 0.25) is 0 Å². The minimum absolute atomic E-state index is 0.0399. The maximum absolute atomic E-state index is 14.2. The van der Waals surface area contributed by atoms with Crippen molar-refractivity contribution in [2.24, 2.45) is 0 Å². The number of nitrogens with zero attached hydrogens (tertiary/aromatic N) is 1. The maximum Gasteiger partial charge on any atom is 0.213 e. The average Bonchev–Trinajstić information content (AvgIpc) is 2.64. The second-order valence-electron chi connectivity index (χ2n) is 6.28. The number of fused-ring (bicyclic) bond motifs is 3. The first kappa shape index (κ1) is 16.7. The van der Waals surface area contributed by atoms with Gasteiger partial charge in [-0.05, 0) is 23.6 Å². The van der Waals surface area contributed by atoms with E-state index in [1.807, 2.05) is 12.1 Å². The molecule has 3 N–H and O–H groups in total. The highest BCUT2D eigenvalue weighted by molar-refractivity contribution is 5.88. The van der Waals surface area contributed by atoms with Crippen LogP contribution in [0.5, 0.6) is 11.6 Å². The SMILES string of the molecule is COc1cc2c3c(ccc2cn1)O[C@H](c1cc(F)c(F)cc1F)[C@@H]([NH3+])C3. The van der Waals surface area contributed by atoms with E-state index >= 15 is 0 Å². The molecule has 3 aromatic rings. The van der Waals surface area contributed by atoms with Crippen molar-refractivity contribution in [3.63, 3.8) is 0 Å². The van der Waals surface area contributed by atoms with Gasteiger partial charge in [0.05, 0.1) is 7.11 Å². The second kappa shape index (κ2) is 6.17. The third-order valence-electron chi connectivity index (χ3n) is 4.65. The van der Waals surface area contributed by atoms with Crippen LogP contribution in [-0.2, 0) is 6.42 Å². The van der Waals surface area contributed by atoms with Crippen molar-refractivity contribution in [3.05, 3.63) is 65.1 Å². The van der Waals surface area contributed by atoms with Crippen molar-refractivity contribution in [2.75, 3.05) is 7.11 Å². The second-order valence-corrected chi connectivity index (χ2v) is 6.28. The van der Waals surface area contributed by atoms with Gasteiger partial charge in [0.15, 0.2) is 17.7 Å². The Morgan fingerprint density at radius 2 is 1.88 bits per heavy atom. The Balaban J connectivity index is 1.80. The standard InChI is InChI=1S/C19H15F3N2O2/c1-25-18-6-10-9(8-24-18)2-3-17-11(10)5-16(23)19(26-17)12-4-14(21)15(22)7-13(12)20/h2-4,6-8,16,19H,5,23H2,1H3/p+1/t16-,19+/m0/s1. The lowest BCUT2D eigenvalue weighted by Gasteiger charge is -2.30. The zero-order chi connectivity index (χ0) is 18.4. The average molecular weight is 361 g/mol. The lowest BCUT2D eigenvalue weighted by molar-refractivity contribution is -0.438. The molecule has 2 atom stereocenters. The smallest absolute Gasteiger partial charge is 0.213 e. The molecule has 0 saturated heterocycles. The van der Waals surface area contributed by atoms with Crippen LogP contribution in [0.25, 0.3) is 10.8 Å². The molecule has 2 heterocycles. The molecule has 0 radical (unpaired) electrons. The van der Waals surface area contributed by atoms with Crippen molar-refractivity contribution in [3.8, 4) is 11.6 Å². The van der Waals surface area contributed by atoms with Crippen LogP contribution in [0.1, 0.15) is 17.2 Å². The molecule has 4 nitrogen and oxygen atoms in total. The zero-order valence-electron chi connectivity index (χ0n) is 13.9. The summed E-state index contributed by atoms with van der Waals surface area (Å²) < 4.78 is 52.1. The number of rotatable bonds is 2.